The van der Waals surface area contributed by atoms with Crippen molar-refractivity contribution in [3.8, 4) is 56.4 Å². The number of nitrogens with zero attached hydrogens (tertiary/aromatic N) is 3. The van der Waals surface area contributed by atoms with E-state index in [1.807, 2.05) is 133 Å². The Bertz CT molecular complexity index is 4280. The lowest BCUT2D eigenvalue weighted by molar-refractivity contribution is -0.246. The van der Waals surface area contributed by atoms with E-state index in [0.717, 1.165) is 85.4 Å². The highest BCUT2D eigenvalue weighted by Gasteiger charge is 2.44. The number of ether oxygens (including phenoxy) is 2. The fraction of sp³-hybridized carbons (Fsp3) is 0.0286. The van der Waals surface area contributed by atoms with Crippen molar-refractivity contribution >= 4 is 57.1 Å². The predicted octanol–water partition coefficient (Wildman–Crippen LogP) is 17.7. The van der Waals surface area contributed by atoms with Gasteiger partial charge in [0.15, 0.2) is 28.8 Å². The number of quaternary nitrogens is 1. The Hall–Kier alpha value is -10.2. The number of hydrogen-bond donors (Lipinski definition) is 2. The first kappa shape index (κ1) is 46.2. The van der Waals surface area contributed by atoms with Gasteiger partial charge in [-0.3, -0.25) is 9.59 Å². The maximum Gasteiger partial charge on any atom is 0.216 e. The summed E-state index contributed by atoms with van der Waals surface area (Å²) in [6.45, 7) is 0. The van der Waals surface area contributed by atoms with Crippen molar-refractivity contribution in [2.24, 2.45) is 0 Å². The highest BCUT2D eigenvalue weighted by molar-refractivity contribution is 6.18. The van der Waals surface area contributed by atoms with Gasteiger partial charge in [-0.15, -0.1) is 0 Å². The molecule has 0 saturated carbocycles. The Morgan fingerprint density at radius 1 is 0.405 bits per heavy atom. The van der Waals surface area contributed by atoms with Gasteiger partial charge in [-0.1, -0.05) is 109 Å². The standard InChI is InChI=1S/C70H46N3O6/c74-69(44-22-30-50(31-23-44)71-59-15-5-9-19-65(59)78-66-20-10-6-16-60(66)71)45-24-32-51(33-25-45)72-61-17-7-11-21-67(61)79-68-42-49(28-36-62(68)72)47-27-35-53-55(38-43-12-2-1-3-13-43)52-34-26-46(39-56(52)57(53)40-47)48-29-37-64-58(41-48)70(75)54-14-4-8-18-63(54)73(64,76)77/h1-37,39-42,55,76-77H,38H2/q+1. The van der Waals surface area contributed by atoms with Crippen LogP contribution in [-0.2, 0) is 6.42 Å². The van der Waals surface area contributed by atoms with Crippen LogP contribution >= 0.6 is 0 Å². The molecule has 0 bridgehead atoms. The van der Waals surface area contributed by atoms with Crippen LogP contribution in [0.15, 0.2) is 249 Å². The second-order valence-electron chi connectivity index (χ2n) is 20.4. The molecule has 0 radical (unpaired) electrons. The monoisotopic (exact) mass is 1020 g/mol. The molecule has 0 amide bonds. The lowest BCUT2D eigenvalue weighted by Crippen LogP contribution is -2.41. The molecule has 0 spiro atoms. The Morgan fingerprint density at radius 3 is 1.41 bits per heavy atom. The summed E-state index contributed by atoms with van der Waals surface area (Å²) in [6, 6.07) is 81.5. The summed E-state index contributed by atoms with van der Waals surface area (Å²) in [5, 5.41) is 22.6. The molecule has 1 aliphatic carbocycles. The van der Waals surface area contributed by atoms with Crippen molar-refractivity contribution in [1.29, 1.82) is 0 Å². The van der Waals surface area contributed by atoms with E-state index in [2.05, 4.69) is 88.7 Å². The molecule has 11 aromatic carbocycles. The largest absolute Gasteiger partial charge is 0.453 e. The number of anilines is 6. The van der Waals surface area contributed by atoms with E-state index in [0.29, 0.717) is 22.6 Å². The summed E-state index contributed by atoms with van der Waals surface area (Å²) in [6.07, 6.45) is 0.824. The van der Waals surface area contributed by atoms with Crippen LogP contribution in [0.2, 0.25) is 0 Å². The van der Waals surface area contributed by atoms with Gasteiger partial charge in [0, 0.05) is 45.4 Å². The first-order valence-corrected chi connectivity index (χ1v) is 26.3. The summed E-state index contributed by atoms with van der Waals surface area (Å²) >= 11 is 0. The molecule has 0 saturated heterocycles. The smallest absolute Gasteiger partial charge is 0.216 e. The van der Waals surface area contributed by atoms with Crippen LogP contribution in [0.3, 0.4) is 0 Å². The molecule has 2 N–H and O–H groups in total. The molecule has 1 atom stereocenters. The van der Waals surface area contributed by atoms with Crippen LogP contribution in [0.1, 0.15) is 54.5 Å². The van der Waals surface area contributed by atoms with Gasteiger partial charge in [-0.05, 0) is 184 Å². The van der Waals surface area contributed by atoms with E-state index < -0.39 is 4.81 Å². The van der Waals surface area contributed by atoms with Gasteiger partial charge >= 0.3 is 0 Å². The Kier molecular flexibility index (Phi) is 10.5. The third-order valence-electron chi connectivity index (χ3n) is 15.9. The molecule has 79 heavy (non-hydrogen) atoms. The number of benzene rings is 11. The second-order valence-corrected chi connectivity index (χ2v) is 20.4. The topological polar surface area (TPSA) is 99.5 Å². The highest BCUT2D eigenvalue weighted by atomic mass is 16.8. The quantitative estimate of drug-likeness (QED) is 0.115. The van der Waals surface area contributed by atoms with Gasteiger partial charge in [-0.2, -0.15) is 10.4 Å². The first-order chi connectivity index (χ1) is 38.7. The number of hydrogen-bond acceptors (Lipinski definition) is 8. The van der Waals surface area contributed by atoms with E-state index in [9.17, 15) is 20.0 Å². The van der Waals surface area contributed by atoms with Crippen molar-refractivity contribution in [3.63, 3.8) is 0 Å². The molecule has 11 aromatic rings. The van der Waals surface area contributed by atoms with Crippen LogP contribution in [0, 0.1) is 0 Å². The Morgan fingerprint density at radius 2 is 0.835 bits per heavy atom. The zero-order chi connectivity index (χ0) is 52.9. The molecule has 15 rings (SSSR count). The molecular formula is C70H46N3O6+. The fourth-order valence-electron chi connectivity index (χ4n) is 12.1. The average molecular weight is 1030 g/mol. The van der Waals surface area contributed by atoms with E-state index >= 15 is 0 Å². The zero-order valence-electron chi connectivity index (χ0n) is 42.3. The van der Waals surface area contributed by atoms with E-state index in [-0.39, 0.29) is 40.0 Å². The van der Waals surface area contributed by atoms with Crippen molar-refractivity contribution in [1.82, 2.24) is 4.81 Å². The summed E-state index contributed by atoms with van der Waals surface area (Å²) < 4.78 is 12.9. The summed E-state index contributed by atoms with van der Waals surface area (Å²) in [5.74, 6) is 2.73. The van der Waals surface area contributed by atoms with Crippen molar-refractivity contribution in [2.75, 3.05) is 9.80 Å². The third-order valence-corrected chi connectivity index (χ3v) is 15.9. The lowest BCUT2D eigenvalue weighted by atomic mass is 9.88. The first-order valence-electron chi connectivity index (χ1n) is 26.3. The third kappa shape index (κ3) is 7.51. The number of rotatable bonds is 8. The summed E-state index contributed by atoms with van der Waals surface area (Å²) in [7, 11) is 0. The van der Waals surface area contributed by atoms with E-state index in [1.165, 1.54) is 16.7 Å². The molecule has 0 aromatic heterocycles. The van der Waals surface area contributed by atoms with Gasteiger partial charge in [0.05, 0.1) is 33.9 Å². The van der Waals surface area contributed by atoms with Crippen molar-refractivity contribution < 1.29 is 29.5 Å². The molecule has 0 fully saturated rings. The van der Waals surface area contributed by atoms with Gasteiger partial charge in [0.1, 0.15) is 0 Å². The number of para-hydroxylation sites is 7. The number of fused-ring (bicyclic) bond motifs is 9. The molecule has 3 heterocycles. The SMILES string of the molecule is O=C(c1ccc(N2c3ccccc3Oc3ccccc32)cc1)c1ccc(N2c3ccccc3Oc3cc(-c4ccc5c(c4)-c4cc(-c6ccc7c(c6)C(=O)c6ccccc6[N+]7(O)O)ccc4C5Cc4ccccc4)ccc32)cc1. The normalized spacial score (nSPS) is 14.7. The average Bonchev–Trinajstić information content (AvgIpc) is 4.08. The minimum absolute atomic E-state index is 0.0740. The molecule has 3 aliphatic heterocycles. The highest BCUT2D eigenvalue weighted by Crippen LogP contribution is 2.54. The Balaban J connectivity index is 0.744. The van der Waals surface area contributed by atoms with Crippen LogP contribution < -0.4 is 24.1 Å². The second kappa shape index (κ2) is 18.0. The number of carbonyl (C=O) groups excluding carboxylic acids is 2. The van der Waals surface area contributed by atoms with Crippen molar-refractivity contribution in [2.45, 2.75) is 12.3 Å². The van der Waals surface area contributed by atoms with E-state index in [1.54, 1.807) is 36.4 Å². The minimum Gasteiger partial charge on any atom is -0.453 e. The molecule has 4 aliphatic rings. The van der Waals surface area contributed by atoms with Gasteiger partial charge in [-0.25, -0.2) is 0 Å². The predicted molar refractivity (Wildman–Crippen MR) is 309 cm³/mol. The van der Waals surface area contributed by atoms with Crippen molar-refractivity contribution in [3.05, 3.63) is 288 Å². The summed E-state index contributed by atoms with van der Waals surface area (Å²) in [5.41, 5.74) is 17.0. The lowest BCUT2D eigenvalue weighted by Gasteiger charge is -2.33. The van der Waals surface area contributed by atoms with Gasteiger partial charge in [0.2, 0.25) is 17.2 Å². The maximum absolute atomic E-state index is 14.1. The van der Waals surface area contributed by atoms with Gasteiger partial charge in [0.25, 0.3) is 0 Å². The molecule has 9 heteroatoms. The zero-order valence-corrected chi connectivity index (χ0v) is 42.3. The fourth-order valence-corrected chi connectivity index (χ4v) is 12.1. The molecule has 9 nitrogen and oxygen atoms in total. The number of ketones is 2. The van der Waals surface area contributed by atoms with Crippen LogP contribution in [0.5, 0.6) is 23.0 Å². The maximum atomic E-state index is 14.1. The summed E-state index contributed by atoms with van der Waals surface area (Å²) in [4.78, 5) is 30.8. The molecule has 1 unspecified atom stereocenters. The van der Waals surface area contributed by atoms with E-state index in [4.69, 9.17) is 9.47 Å². The molecular weight excluding hydrogens is 979 g/mol. The van der Waals surface area contributed by atoms with Crippen LogP contribution in [0.4, 0.5) is 45.5 Å². The van der Waals surface area contributed by atoms with Gasteiger partial charge < -0.3 is 19.3 Å². The van der Waals surface area contributed by atoms with Crippen LogP contribution in [0.25, 0.3) is 33.4 Å². The molecule has 376 valence electrons. The Labute approximate surface area is 455 Å². The minimum atomic E-state index is -1.49. The van der Waals surface area contributed by atoms with Crippen LogP contribution in [-0.4, -0.2) is 22.0 Å². The number of carbonyl (C=O) groups is 2.